The van der Waals surface area contributed by atoms with Gasteiger partial charge in [-0.1, -0.05) is 11.6 Å². The molecule has 0 spiro atoms. The molecule has 2 heterocycles. The molecule has 0 aliphatic heterocycles. The monoisotopic (exact) mass is 359 g/mol. The Morgan fingerprint density at radius 1 is 1.28 bits per heavy atom. The number of benzene rings is 1. The number of nitrogen functional groups attached to an aromatic ring is 1. The molecule has 0 amide bonds. The summed E-state index contributed by atoms with van der Waals surface area (Å²) in [4.78, 5) is 28.8. The van der Waals surface area contributed by atoms with E-state index in [9.17, 15) is 19.2 Å². The van der Waals surface area contributed by atoms with E-state index in [2.05, 4.69) is 4.98 Å². The Morgan fingerprint density at radius 3 is 2.60 bits per heavy atom. The Labute approximate surface area is 145 Å². The van der Waals surface area contributed by atoms with Crippen molar-refractivity contribution in [3.05, 3.63) is 55.4 Å². The summed E-state index contributed by atoms with van der Waals surface area (Å²) in [5.74, 6) is -0.790. The van der Waals surface area contributed by atoms with Gasteiger partial charge in [0.1, 0.15) is 23.3 Å². The van der Waals surface area contributed by atoms with Crippen molar-refractivity contribution in [2.24, 2.45) is 14.1 Å². The van der Waals surface area contributed by atoms with Crippen molar-refractivity contribution < 1.29 is 4.39 Å². The second-order valence-corrected chi connectivity index (χ2v) is 5.79. The van der Waals surface area contributed by atoms with Crippen LogP contribution in [0.2, 0.25) is 5.02 Å². The summed E-state index contributed by atoms with van der Waals surface area (Å²) in [5, 5.41) is 9.57. The minimum absolute atomic E-state index is 0.0140. The fraction of sp³-hybridized carbons (Fsp3) is 0.125. The first kappa shape index (κ1) is 16.7. The Bertz CT molecular complexity index is 1210. The van der Waals surface area contributed by atoms with Crippen molar-refractivity contribution in [3.63, 3.8) is 0 Å². The van der Waals surface area contributed by atoms with E-state index in [0.29, 0.717) is 0 Å². The van der Waals surface area contributed by atoms with Crippen LogP contribution in [-0.4, -0.2) is 14.1 Å². The van der Waals surface area contributed by atoms with Crippen LogP contribution in [0.15, 0.2) is 27.8 Å². The van der Waals surface area contributed by atoms with Crippen molar-refractivity contribution in [2.75, 3.05) is 5.73 Å². The number of anilines is 1. The molecular formula is C16H11ClFN5O2. The number of halogens is 2. The number of aromatic nitrogens is 3. The second kappa shape index (κ2) is 5.72. The lowest BCUT2D eigenvalue weighted by Crippen LogP contribution is -2.37. The molecule has 9 heteroatoms. The largest absolute Gasteiger partial charge is 0.383 e. The normalized spacial score (nSPS) is 10.8. The van der Waals surface area contributed by atoms with Crippen molar-refractivity contribution >= 4 is 28.5 Å². The van der Waals surface area contributed by atoms with Crippen LogP contribution >= 0.6 is 11.6 Å². The van der Waals surface area contributed by atoms with E-state index in [4.69, 9.17) is 17.3 Å². The molecule has 0 aliphatic rings. The number of rotatable bonds is 1. The summed E-state index contributed by atoms with van der Waals surface area (Å²) in [6.45, 7) is 0. The summed E-state index contributed by atoms with van der Waals surface area (Å²) >= 11 is 6.16. The summed E-state index contributed by atoms with van der Waals surface area (Å²) in [5.41, 5.74) is 4.58. The summed E-state index contributed by atoms with van der Waals surface area (Å²) in [7, 11) is 2.71. The van der Waals surface area contributed by atoms with Crippen LogP contribution in [0.5, 0.6) is 0 Å². The first-order chi connectivity index (χ1) is 11.8. The van der Waals surface area contributed by atoms with Gasteiger partial charge in [0.2, 0.25) is 0 Å². The molecule has 0 bridgehead atoms. The van der Waals surface area contributed by atoms with Gasteiger partial charge in [-0.3, -0.25) is 13.9 Å². The molecule has 126 valence electrons. The highest BCUT2D eigenvalue weighted by Crippen LogP contribution is 2.36. The van der Waals surface area contributed by atoms with Crippen LogP contribution in [0.25, 0.3) is 22.2 Å². The molecule has 3 aromatic rings. The SMILES string of the molecule is Cn1c(=O)c2c(-c3cc(F)ccc3Cl)c(C#N)c(N)nc2n(C)c1=O. The summed E-state index contributed by atoms with van der Waals surface area (Å²) < 4.78 is 15.8. The fourth-order valence-corrected chi connectivity index (χ4v) is 2.89. The first-order valence-corrected chi connectivity index (χ1v) is 7.40. The van der Waals surface area contributed by atoms with Gasteiger partial charge in [-0.15, -0.1) is 0 Å². The van der Waals surface area contributed by atoms with Gasteiger partial charge in [0.25, 0.3) is 5.56 Å². The topological polar surface area (TPSA) is 107 Å². The maximum atomic E-state index is 13.8. The van der Waals surface area contributed by atoms with Crippen LogP contribution in [0.3, 0.4) is 0 Å². The van der Waals surface area contributed by atoms with Gasteiger partial charge >= 0.3 is 5.69 Å². The Kier molecular flexibility index (Phi) is 3.81. The second-order valence-electron chi connectivity index (χ2n) is 5.39. The third-order valence-electron chi connectivity index (χ3n) is 3.93. The zero-order chi connectivity index (χ0) is 18.5. The van der Waals surface area contributed by atoms with E-state index in [0.717, 1.165) is 21.3 Å². The lowest BCUT2D eigenvalue weighted by Gasteiger charge is -2.14. The van der Waals surface area contributed by atoms with Gasteiger partial charge in [-0.05, 0) is 18.2 Å². The summed E-state index contributed by atoms with van der Waals surface area (Å²) in [6, 6.07) is 5.44. The lowest BCUT2D eigenvalue weighted by molar-refractivity contribution is 0.628. The Hall–Kier alpha value is -3.18. The van der Waals surface area contributed by atoms with E-state index in [1.165, 1.54) is 20.2 Å². The molecule has 3 rings (SSSR count). The van der Waals surface area contributed by atoms with E-state index < -0.39 is 17.1 Å². The van der Waals surface area contributed by atoms with Crippen molar-refractivity contribution in [1.29, 1.82) is 5.26 Å². The first-order valence-electron chi connectivity index (χ1n) is 7.02. The molecule has 0 aliphatic carbocycles. The van der Waals surface area contributed by atoms with Gasteiger partial charge in [-0.25, -0.2) is 14.2 Å². The third-order valence-corrected chi connectivity index (χ3v) is 4.26. The molecule has 0 unspecified atom stereocenters. The Balaban J connectivity index is 2.71. The van der Waals surface area contributed by atoms with E-state index in [1.54, 1.807) is 0 Å². The van der Waals surface area contributed by atoms with Crippen LogP contribution in [-0.2, 0) is 14.1 Å². The molecule has 7 nitrogen and oxygen atoms in total. The highest BCUT2D eigenvalue weighted by molar-refractivity contribution is 6.33. The van der Waals surface area contributed by atoms with Crippen molar-refractivity contribution in [1.82, 2.24) is 14.1 Å². The highest BCUT2D eigenvalue weighted by Gasteiger charge is 2.23. The van der Waals surface area contributed by atoms with Crippen LogP contribution in [0.1, 0.15) is 5.56 Å². The number of pyridine rings is 1. The zero-order valence-electron chi connectivity index (χ0n) is 13.2. The molecular weight excluding hydrogens is 349 g/mol. The predicted molar refractivity (Wildman–Crippen MR) is 91.8 cm³/mol. The molecule has 2 aromatic heterocycles. The maximum Gasteiger partial charge on any atom is 0.332 e. The van der Waals surface area contributed by atoms with Crippen LogP contribution in [0, 0.1) is 17.1 Å². The van der Waals surface area contributed by atoms with Crippen LogP contribution < -0.4 is 17.0 Å². The number of fused-ring (bicyclic) bond motifs is 1. The molecule has 0 fully saturated rings. The number of hydrogen-bond acceptors (Lipinski definition) is 5. The molecule has 2 N–H and O–H groups in total. The van der Waals surface area contributed by atoms with E-state index in [1.807, 2.05) is 6.07 Å². The number of aryl methyl sites for hydroxylation is 1. The number of nitrogens with zero attached hydrogens (tertiary/aromatic N) is 4. The zero-order valence-corrected chi connectivity index (χ0v) is 13.9. The summed E-state index contributed by atoms with van der Waals surface area (Å²) in [6.07, 6.45) is 0. The van der Waals surface area contributed by atoms with Gasteiger partial charge in [0.15, 0.2) is 5.65 Å². The number of nitrogens with two attached hydrogens (primary N) is 1. The van der Waals surface area contributed by atoms with E-state index >= 15 is 0 Å². The number of hydrogen-bond donors (Lipinski definition) is 1. The van der Waals surface area contributed by atoms with Gasteiger partial charge in [0, 0.05) is 30.2 Å². The molecule has 0 saturated heterocycles. The van der Waals surface area contributed by atoms with Crippen LogP contribution in [0.4, 0.5) is 10.2 Å². The predicted octanol–water partition coefficient (Wildman–Crippen LogP) is 1.55. The Morgan fingerprint density at radius 2 is 1.96 bits per heavy atom. The molecule has 0 saturated carbocycles. The van der Waals surface area contributed by atoms with Gasteiger partial charge < -0.3 is 5.73 Å². The minimum Gasteiger partial charge on any atom is -0.383 e. The average Bonchev–Trinajstić information content (AvgIpc) is 2.59. The standard InChI is InChI=1S/C16H11ClFN5O2/c1-22-14-12(15(24)23(2)16(22)25)11(9(6-19)13(20)21-14)8-5-7(18)3-4-10(8)17/h3-5H,1-2H3,(H2,20,21). The smallest absolute Gasteiger partial charge is 0.332 e. The molecule has 1 aromatic carbocycles. The van der Waals surface area contributed by atoms with Gasteiger partial charge in [-0.2, -0.15) is 5.26 Å². The minimum atomic E-state index is -0.683. The molecule has 0 atom stereocenters. The molecule has 25 heavy (non-hydrogen) atoms. The quantitative estimate of drug-likeness (QED) is 0.709. The lowest BCUT2D eigenvalue weighted by atomic mass is 9.97. The van der Waals surface area contributed by atoms with Gasteiger partial charge in [0.05, 0.1) is 5.39 Å². The van der Waals surface area contributed by atoms with Crippen molar-refractivity contribution in [3.8, 4) is 17.2 Å². The highest BCUT2D eigenvalue weighted by atomic mass is 35.5. The fourth-order valence-electron chi connectivity index (χ4n) is 2.68. The average molecular weight is 360 g/mol. The van der Waals surface area contributed by atoms with E-state index in [-0.39, 0.29) is 38.6 Å². The number of nitriles is 1. The van der Waals surface area contributed by atoms with Crippen molar-refractivity contribution in [2.45, 2.75) is 0 Å². The maximum absolute atomic E-state index is 13.8. The molecule has 0 radical (unpaired) electrons. The third kappa shape index (κ3) is 2.37.